The zero-order chi connectivity index (χ0) is 24.3. The largest absolute Gasteiger partial charge is 0.461 e. The fraction of sp³-hybridized carbons (Fsp3) is 0.280. The third-order valence-corrected chi connectivity index (χ3v) is 6.46. The number of rotatable bonds is 7. The van der Waals surface area contributed by atoms with Crippen LogP contribution in [0.5, 0.6) is 0 Å². The molecule has 0 spiro atoms. The van der Waals surface area contributed by atoms with E-state index in [1.54, 1.807) is 31.7 Å². The lowest BCUT2D eigenvalue weighted by molar-refractivity contribution is -0.126. The smallest absolute Gasteiger partial charge is 0.358 e. The molecule has 1 N–H and O–H groups in total. The second-order valence-corrected chi connectivity index (χ2v) is 8.96. The molecule has 3 aromatic rings. The Kier molecular flexibility index (Phi) is 6.74. The molecule has 176 valence electrons. The first-order valence-electron chi connectivity index (χ1n) is 10.9. The Balaban J connectivity index is 1.74. The molecule has 0 radical (unpaired) electrons. The van der Waals surface area contributed by atoms with E-state index in [1.807, 2.05) is 54.8 Å². The number of benzene rings is 2. The third kappa shape index (κ3) is 4.43. The molecule has 1 unspecified atom stereocenters. The Morgan fingerprint density at radius 1 is 1.15 bits per heavy atom. The highest BCUT2D eigenvalue weighted by Gasteiger charge is 2.49. The molecule has 2 heterocycles. The molecule has 0 bridgehead atoms. The number of hydrogen-bond donors (Lipinski definition) is 1. The lowest BCUT2D eigenvalue weighted by Gasteiger charge is -2.43. The van der Waals surface area contributed by atoms with Crippen LogP contribution in [0.2, 0.25) is 0 Å². The topological polar surface area (TPSA) is 93.5 Å². The van der Waals surface area contributed by atoms with E-state index >= 15 is 0 Å². The van der Waals surface area contributed by atoms with Gasteiger partial charge in [0, 0.05) is 23.2 Å². The van der Waals surface area contributed by atoms with Gasteiger partial charge in [0.05, 0.1) is 13.2 Å². The van der Waals surface area contributed by atoms with Gasteiger partial charge in [0.2, 0.25) is 5.91 Å². The average molecular weight is 479 g/mol. The van der Waals surface area contributed by atoms with E-state index in [4.69, 9.17) is 4.74 Å². The van der Waals surface area contributed by atoms with Gasteiger partial charge in [-0.05, 0) is 43.9 Å². The van der Waals surface area contributed by atoms with Crippen molar-refractivity contribution >= 4 is 35.2 Å². The Morgan fingerprint density at radius 3 is 2.62 bits per heavy atom. The van der Waals surface area contributed by atoms with E-state index in [0.29, 0.717) is 12.2 Å². The molecule has 2 aromatic carbocycles. The normalized spacial score (nSPS) is 17.3. The van der Waals surface area contributed by atoms with Crippen LogP contribution in [0, 0.1) is 0 Å². The molecule has 1 aromatic heterocycles. The maximum atomic E-state index is 13.7. The molecular weight excluding hydrogens is 452 g/mol. The van der Waals surface area contributed by atoms with Crippen LogP contribution in [0.4, 0.5) is 5.69 Å². The Bertz CT molecular complexity index is 1230. The summed E-state index contributed by atoms with van der Waals surface area (Å²) < 4.78 is 6.47. The zero-order valence-electron chi connectivity index (χ0n) is 19.3. The van der Waals surface area contributed by atoms with Crippen molar-refractivity contribution in [1.82, 2.24) is 15.1 Å². The van der Waals surface area contributed by atoms with Crippen LogP contribution >= 0.6 is 11.8 Å². The van der Waals surface area contributed by atoms with Gasteiger partial charge in [-0.15, -0.1) is 11.8 Å². The van der Waals surface area contributed by atoms with Crippen LogP contribution in [0.25, 0.3) is 0 Å². The van der Waals surface area contributed by atoms with Crippen molar-refractivity contribution < 1.29 is 19.1 Å². The van der Waals surface area contributed by atoms with E-state index in [9.17, 15) is 14.4 Å². The summed E-state index contributed by atoms with van der Waals surface area (Å²) in [6.45, 7) is 4.02. The number of aromatic nitrogens is 2. The van der Waals surface area contributed by atoms with Gasteiger partial charge >= 0.3 is 5.97 Å². The van der Waals surface area contributed by atoms with Crippen molar-refractivity contribution in [3.63, 3.8) is 0 Å². The number of nitrogens with zero attached hydrogens (tertiary/aromatic N) is 3. The number of nitrogens with one attached hydrogen (secondary N) is 1. The molecular formula is C25H26N4O4S. The van der Waals surface area contributed by atoms with Crippen LogP contribution in [0.1, 0.15) is 40.4 Å². The highest BCUT2D eigenvalue weighted by atomic mass is 32.2. The summed E-state index contributed by atoms with van der Waals surface area (Å²) in [6, 6.07) is 18.5. The minimum atomic E-state index is -1.28. The first kappa shape index (κ1) is 23.6. The first-order chi connectivity index (χ1) is 16.4. The maximum absolute atomic E-state index is 13.7. The molecule has 1 aliphatic rings. The highest BCUT2D eigenvalue weighted by Crippen LogP contribution is 2.34. The van der Waals surface area contributed by atoms with Gasteiger partial charge in [-0.25, -0.2) is 4.79 Å². The second kappa shape index (κ2) is 9.72. The highest BCUT2D eigenvalue weighted by molar-refractivity contribution is 7.98. The van der Waals surface area contributed by atoms with E-state index < -0.39 is 17.4 Å². The number of thioether (sulfide) groups is 1. The van der Waals surface area contributed by atoms with Crippen LogP contribution < -0.4 is 10.2 Å². The Hall–Kier alpha value is -3.59. The van der Waals surface area contributed by atoms with Gasteiger partial charge in [0.25, 0.3) is 5.91 Å². The summed E-state index contributed by atoms with van der Waals surface area (Å²) in [4.78, 5) is 42.0. The minimum Gasteiger partial charge on any atom is -0.461 e. The van der Waals surface area contributed by atoms with E-state index in [-0.39, 0.29) is 30.4 Å². The monoisotopic (exact) mass is 478 g/mol. The number of hydrogen-bond acceptors (Lipinski definition) is 6. The van der Waals surface area contributed by atoms with Gasteiger partial charge < -0.3 is 10.1 Å². The Morgan fingerprint density at radius 2 is 1.91 bits per heavy atom. The molecule has 2 amide bonds. The standard InChI is InChI=1S/C25H26N4O4S/c1-4-33-23(31)20-14-21-22(30)29(18-11-8-12-19(13-18)34-3)25(2,16-28(21)27-20)24(32)26-15-17-9-6-5-7-10-17/h5-14H,4,15-16H2,1-3H3,(H,26,32). The first-order valence-corrected chi connectivity index (χ1v) is 12.2. The summed E-state index contributed by atoms with van der Waals surface area (Å²) in [7, 11) is 0. The molecule has 0 saturated carbocycles. The number of ether oxygens (including phenoxy) is 1. The third-order valence-electron chi connectivity index (χ3n) is 5.73. The maximum Gasteiger partial charge on any atom is 0.358 e. The summed E-state index contributed by atoms with van der Waals surface area (Å²) in [5.74, 6) is -1.34. The van der Waals surface area contributed by atoms with Crippen molar-refractivity contribution in [2.45, 2.75) is 37.4 Å². The summed E-state index contributed by atoms with van der Waals surface area (Å²) >= 11 is 1.55. The van der Waals surface area contributed by atoms with Crippen LogP contribution in [-0.2, 0) is 22.6 Å². The summed E-state index contributed by atoms with van der Waals surface area (Å²) in [6.07, 6.45) is 1.95. The summed E-state index contributed by atoms with van der Waals surface area (Å²) in [5.41, 5.74) is 0.526. The van der Waals surface area contributed by atoms with Gasteiger partial charge in [-0.2, -0.15) is 5.10 Å². The van der Waals surface area contributed by atoms with E-state index in [2.05, 4.69) is 10.4 Å². The predicted octanol–water partition coefficient (Wildman–Crippen LogP) is 3.52. The molecule has 8 nitrogen and oxygen atoms in total. The van der Waals surface area contributed by atoms with Gasteiger partial charge in [0.1, 0.15) is 11.2 Å². The van der Waals surface area contributed by atoms with E-state index in [1.165, 1.54) is 15.6 Å². The number of anilines is 1. The second-order valence-electron chi connectivity index (χ2n) is 8.08. The Labute approximate surface area is 202 Å². The number of carbonyl (C=O) groups excluding carboxylic acids is 3. The van der Waals surface area contributed by atoms with Crippen LogP contribution in [0.15, 0.2) is 65.6 Å². The number of carbonyl (C=O) groups is 3. The predicted molar refractivity (Wildman–Crippen MR) is 130 cm³/mol. The molecule has 34 heavy (non-hydrogen) atoms. The molecule has 1 atom stereocenters. The number of amides is 2. The number of fused-ring (bicyclic) bond motifs is 1. The molecule has 0 saturated heterocycles. The summed E-state index contributed by atoms with van der Waals surface area (Å²) in [5, 5.41) is 7.26. The zero-order valence-corrected chi connectivity index (χ0v) is 20.1. The van der Waals surface area contributed by atoms with Gasteiger partial charge in [0.15, 0.2) is 5.69 Å². The van der Waals surface area contributed by atoms with Gasteiger partial charge in [-0.1, -0.05) is 36.4 Å². The molecule has 0 aliphatic carbocycles. The lowest BCUT2D eigenvalue weighted by Crippen LogP contribution is -2.64. The number of esters is 1. The fourth-order valence-corrected chi connectivity index (χ4v) is 4.46. The van der Waals surface area contributed by atoms with Crippen molar-refractivity contribution in [3.05, 3.63) is 77.6 Å². The quantitative estimate of drug-likeness (QED) is 0.413. The van der Waals surface area contributed by atoms with Crippen molar-refractivity contribution in [1.29, 1.82) is 0 Å². The van der Waals surface area contributed by atoms with Gasteiger partial charge in [-0.3, -0.25) is 19.2 Å². The van der Waals surface area contributed by atoms with Crippen LogP contribution in [-0.4, -0.2) is 46.0 Å². The molecule has 9 heteroatoms. The molecule has 1 aliphatic heterocycles. The minimum absolute atomic E-state index is 0.0389. The van der Waals surface area contributed by atoms with Crippen molar-refractivity contribution in [3.8, 4) is 0 Å². The van der Waals surface area contributed by atoms with E-state index in [0.717, 1.165) is 10.5 Å². The average Bonchev–Trinajstić information content (AvgIpc) is 3.27. The fourth-order valence-electron chi connectivity index (χ4n) is 4.01. The molecule has 0 fully saturated rings. The SMILES string of the molecule is CCOC(=O)c1cc2n(n1)CC(C)(C(=O)NCc1ccccc1)N(c1cccc(SC)c1)C2=O. The molecule has 4 rings (SSSR count). The van der Waals surface area contributed by atoms with Crippen molar-refractivity contribution in [2.75, 3.05) is 17.8 Å². The lowest BCUT2D eigenvalue weighted by atomic mass is 9.94. The van der Waals surface area contributed by atoms with Crippen LogP contribution in [0.3, 0.4) is 0 Å². The van der Waals surface area contributed by atoms with Crippen molar-refractivity contribution in [2.24, 2.45) is 0 Å².